The number of nitrogens with one attached hydrogen (secondary N) is 1. The fourth-order valence-corrected chi connectivity index (χ4v) is 3.79. The number of hydrogen-bond donors (Lipinski definition) is 1. The molecule has 0 aliphatic heterocycles. The van der Waals surface area contributed by atoms with Crippen molar-refractivity contribution < 1.29 is 9.21 Å². The smallest absolute Gasteiger partial charge is 0.272 e. The number of amides is 1. The first-order chi connectivity index (χ1) is 12.5. The molecule has 0 saturated heterocycles. The summed E-state index contributed by atoms with van der Waals surface area (Å²) in [5.41, 5.74) is 6.19. The molecule has 5 nitrogen and oxygen atoms in total. The first-order valence-corrected chi connectivity index (χ1v) is 9.17. The second-order valence-electron chi connectivity index (χ2n) is 6.37. The van der Waals surface area contributed by atoms with Gasteiger partial charge in [-0.2, -0.15) is 4.37 Å². The Morgan fingerprint density at radius 1 is 1.23 bits per heavy atom. The normalized spacial score (nSPS) is 11.2. The number of aryl methyl sites for hydroxylation is 3. The van der Waals surface area contributed by atoms with E-state index in [1.54, 1.807) is 12.3 Å². The van der Waals surface area contributed by atoms with Crippen molar-refractivity contribution in [3.05, 3.63) is 70.1 Å². The number of furan rings is 1. The average molecular weight is 365 g/mol. The lowest BCUT2D eigenvalue weighted by Crippen LogP contribution is -2.18. The van der Waals surface area contributed by atoms with Crippen LogP contribution in [0.2, 0.25) is 0 Å². The highest BCUT2D eigenvalue weighted by Gasteiger charge is 2.20. The molecule has 132 valence electrons. The van der Waals surface area contributed by atoms with E-state index >= 15 is 0 Å². The quantitative estimate of drug-likeness (QED) is 0.558. The summed E-state index contributed by atoms with van der Waals surface area (Å²) in [4.78, 5) is 14.0. The number of benzene rings is 1. The van der Waals surface area contributed by atoms with Gasteiger partial charge in [-0.25, -0.2) is 0 Å². The molecule has 4 rings (SSSR count). The molecule has 3 heterocycles. The van der Waals surface area contributed by atoms with Gasteiger partial charge in [-0.15, -0.1) is 0 Å². The van der Waals surface area contributed by atoms with Crippen molar-refractivity contribution in [2.45, 2.75) is 27.3 Å². The average Bonchev–Trinajstić information content (AvgIpc) is 3.29. The van der Waals surface area contributed by atoms with Gasteiger partial charge in [0.05, 0.1) is 23.2 Å². The van der Waals surface area contributed by atoms with Gasteiger partial charge < -0.3 is 14.3 Å². The second kappa shape index (κ2) is 6.46. The summed E-state index contributed by atoms with van der Waals surface area (Å²) in [5.74, 6) is -0.156. The van der Waals surface area contributed by atoms with Crippen molar-refractivity contribution in [3.63, 3.8) is 0 Å². The summed E-state index contributed by atoms with van der Waals surface area (Å²) >= 11 is 1.39. The lowest BCUT2D eigenvalue weighted by Gasteiger charge is -2.12. The van der Waals surface area contributed by atoms with Crippen LogP contribution in [0.4, 0.5) is 5.69 Å². The summed E-state index contributed by atoms with van der Waals surface area (Å²) in [5, 5.41) is 3.01. The molecule has 0 spiro atoms. The first-order valence-electron chi connectivity index (χ1n) is 8.40. The Morgan fingerprint density at radius 2 is 2.04 bits per heavy atom. The van der Waals surface area contributed by atoms with E-state index in [0.717, 1.165) is 21.8 Å². The fraction of sp³-hybridized carbons (Fsp3) is 0.200. The molecule has 3 aromatic heterocycles. The molecule has 0 aliphatic rings. The molecule has 1 amide bonds. The highest BCUT2D eigenvalue weighted by atomic mass is 32.1. The molecule has 0 saturated carbocycles. The third kappa shape index (κ3) is 2.82. The number of hydrogen-bond acceptors (Lipinski definition) is 4. The van der Waals surface area contributed by atoms with Gasteiger partial charge in [0.15, 0.2) is 5.58 Å². The van der Waals surface area contributed by atoms with E-state index in [4.69, 9.17) is 4.42 Å². The zero-order valence-electron chi connectivity index (χ0n) is 14.9. The van der Waals surface area contributed by atoms with Gasteiger partial charge in [-0.05, 0) is 43.4 Å². The zero-order chi connectivity index (χ0) is 18.3. The number of carbonyl (C=O) groups excluding carboxylic acids is 1. The van der Waals surface area contributed by atoms with Gasteiger partial charge >= 0.3 is 0 Å². The topological polar surface area (TPSA) is 60.1 Å². The minimum Gasteiger partial charge on any atom is -0.463 e. The highest BCUT2D eigenvalue weighted by Crippen LogP contribution is 2.27. The third-order valence-corrected chi connectivity index (χ3v) is 5.46. The van der Waals surface area contributed by atoms with E-state index in [2.05, 4.69) is 28.7 Å². The molecule has 0 atom stereocenters. The Bertz CT molecular complexity index is 1080. The van der Waals surface area contributed by atoms with Crippen molar-refractivity contribution in [1.82, 2.24) is 8.94 Å². The van der Waals surface area contributed by atoms with Crippen LogP contribution < -0.4 is 5.32 Å². The summed E-state index contributed by atoms with van der Waals surface area (Å²) in [6.07, 6.45) is 1.65. The van der Waals surface area contributed by atoms with Crippen molar-refractivity contribution >= 4 is 34.2 Å². The van der Waals surface area contributed by atoms with Gasteiger partial charge in [-0.1, -0.05) is 24.3 Å². The number of fused-ring (bicyclic) bond motifs is 1. The van der Waals surface area contributed by atoms with Crippen molar-refractivity contribution in [1.29, 1.82) is 0 Å². The van der Waals surface area contributed by atoms with Crippen LogP contribution in [0.5, 0.6) is 0 Å². The fourth-order valence-electron chi connectivity index (χ4n) is 3.13. The van der Waals surface area contributed by atoms with Gasteiger partial charge in [0.1, 0.15) is 5.69 Å². The number of aromatic nitrogens is 2. The van der Waals surface area contributed by atoms with Crippen LogP contribution in [0.15, 0.2) is 47.1 Å². The van der Waals surface area contributed by atoms with Crippen molar-refractivity contribution in [2.24, 2.45) is 0 Å². The lowest BCUT2D eigenvalue weighted by molar-refractivity contribution is 0.101. The van der Waals surface area contributed by atoms with Crippen LogP contribution in [0, 0.1) is 20.8 Å². The summed E-state index contributed by atoms with van der Waals surface area (Å²) in [6, 6.07) is 11.9. The number of anilines is 1. The van der Waals surface area contributed by atoms with Crippen molar-refractivity contribution in [2.75, 3.05) is 5.32 Å². The summed E-state index contributed by atoms with van der Waals surface area (Å²) in [6.45, 7) is 6.54. The van der Waals surface area contributed by atoms with E-state index in [9.17, 15) is 4.79 Å². The Morgan fingerprint density at radius 3 is 2.77 bits per heavy atom. The molecule has 0 aliphatic carbocycles. The Hall–Kier alpha value is -2.86. The highest BCUT2D eigenvalue weighted by molar-refractivity contribution is 7.06. The van der Waals surface area contributed by atoms with E-state index in [1.807, 2.05) is 36.6 Å². The monoisotopic (exact) mass is 365 g/mol. The van der Waals surface area contributed by atoms with Crippen LogP contribution in [0.1, 0.15) is 32.2 Å². The third-order valence-electron chi connectivity index (χ3n) is 4.62. The SMILES string of the molecule is Cc1ccccc1Cn1c(C(=O)Nc2c(C)nsc2C)cc2occc21. The molecule has 1 aromatic carbocycles. The number of nitrogens with zero attached hydrogens (tertiary/aromatic N) is 2. The van der Waals surface area contributed by atoms with E-state index < -0.39 is 0 Å². The number of rotatable bonds is 4. The Balaban J connectivity index is 1.74. The minimum absolute atomic E-state index is 0.156. The molecule has 4 aromatic rings. The van der Waals surface area contributed by atoms with Crippen molar-refractivity contribution in [3.8, 4) is 0 Å². The summed E-state index contributed by atoms with van der Waals surface area (Å²) < 4.78 is 11.8. The maximum absolute atomic E-state index is 13.0. The van der Waals surface area contributed by atoms with Crippen LogP contribution in [-0.4, -0.2) is 14.8 Å². The molecule has 0 fully saturated rings. The van der Waals surface area contributed by atoms with Gasteiger partial charge in [0.2, 0.25) is 0 Å². The Labute approximate surface area is 155 Å². The molecular formula is C20H19N3O2S. The van der Waals surface area contributed by atoms with E-state index in [0.29, 0.717) is 17.8 Å². The van der Waals surface area contributed by atoms with Gasteiger partial charge in [-0.3, -0.25) is 4.79 Å². The van der Waals surface area contributed by atoms with Crippen LogP contribution in [-0.2, 0) is 6.54 Å². The molecule has 1 N–H and O–H groups in total. The van der Waals surface area contributed by atoms with Crippen LogP contribution >= 0.6 is 11.5 Å². The zero-order valence-corrected chi connectivity index (χ0v) is 15.7. The van der Waals surface area contributed by atoms with Gasteiger partial charge in [0, 0.05) is 23.6 Å². The molecular weight excluding hydrogens is 346 g/mol. The second-order valence-corrected chi connectivity index (χ2v) is 7.34. The molecule has 0 unspecified atom stereocenters. The first kappa shape index (κ1) is 16.6. The number of carbonyl (C=O) groups is 1. The standard InChI is InChI=1S/C20H19N3O2S/c1-12-6-4-5-7-15(12)11-23-16-8-9-25-18(16)10-17(23)20(24)21-19-13(2)22-26-14(19)3/h4-10H,11H2,1-3H3,(H,21,24). The molecule has 0 bridgehead atoms. The van der Waals surface area contributed by atoms with E-state index in [-0.39, 0.29) is 5.91 Å². The van der Waals surface area contributed by atoms with Crippen LogP contribution in [0.3, 0.4) is 0 Å². The van der Waals surface area contributed by atoms with Gasteiger partial charge in [0.25, 0.3) is 5.91 Å². The maximum atomic E-state index is 13.0. The predicted octanol–water partition coefficient (Wildman–Crippen LogP) is 4.92. The molecule has 0 radical (unpaired) electrons. The largest absolute Gasteiger partial charge is 0.463 e. The predicted molar refractivity (Wildman–Crippen MR) is 104 cm³/mol. The summed E-state index contributed by atoms with van der Waals surface area (Å²) in [7, 11) is 0. The maximum Gasteiger partial charge on any atom is 0.272 e. The molecule has 6 heteroatoms. The lowest BCUT2D eigenvalue weighted by atomic mass is 10.1. The van der Waals surface area contributed by atoms with Crippen LogP contribution in [0.25, 0.3) is 11.1 Å². The molecule has 26 heavy (non-hydrogen) atoms. The minimum atomic E-state index is -0.156. The van der Waals surface area contributed by atoms with E-state index in [1.165, 1.54) is 22.7 Å². The Kier molecular flexibility index (Phi) is 4.12.